The summed E-state index contributed by atoms with van der Waals surface area (Å²) in [6.07, 6.45) is 9.77. The summed E-state index contributed by atoms with van der Waals surface area (Å²) in [5, 5.41) is 11.4. The molecule has 2 aliphatic rings. The minimum Gasteiger partial charge on any atom is -0.387 e. The molecule has 0 aliphatic heterocycles. The highest BCUT2D eigenvalue weighted by atomic mass is 19.1. The van der Waals surface area contributed by atoms with Gasteiger partial charge in [-0.1, -0.05) is 18.2 Å². The fourth-order valence-electron chi connectivity index (χ4n) is 5.00. The van der Waals surface area contributed by atoms with Crippen LogP contribution in [0.4, 0.5) is 4.39 Å². The number of hydrogen-bond acceptors (Lipinski definition) is 2. The molecule has 28 heavy (non-hydrogen) atoms. The summed E-state index contributed by atoms with van der Waals surface area (Å²) in [6.45, 7) is 1.83. The Labute approximate surface area is 165 Å². The van der Waals surface area contributed by atoms with Crippen molar-refractivity contribution >= 4 is 5.52 Å². The zero-order valence-corrected chi connectivity index (χ0v) is 16.3. The van der Waals surface area contributed by atoms with Crippen molar-refractivity contribution in [1.29, 1.82) is 0 Å². The molecule has 1 N–H and O–H groups in total. The van der Waals surface area contributed by atoms with Crippen LogP contribution in [0.25, 0.3) is 5.52 Å². The van der Waals surface area contributed by atoms with Gasteiger partial charge in [-0.3, -0.25) is 0 Å². The predicted molar refractivity (Wildman–Crippen MR) is 108 cm³/mol. The molecule has 2 aliphatic carbocycles. The second-order valence-corrected chi connectivity index (χ2v) is 8.70. The highest BCUT2D eigenvalue weighted by Gasteiger charge is 2.34. The van der Waals surface area contributed by atoms with E-state index >= 15 is 0 Å². The predicted octanol–water partition coefficient (Wildman–Crippen LogP) is 5.67. The van der Waals surface area contributed by atoms with Crippen molar-refractivity contribution in [3.05, 3.63) is 71.1 Å². The average Bonchev–Trinajstić information content (AvgIpc) is 3.45. The largest absolute Gasteiger partial charge is 0.387 e. The van der Waals surface area contributed by atoms with Crippen LogP contribution in [0.5, 0.6) is 0 Å². The number of aliphatic hydroxyl groups is 1. The Kier molecular flexibility index (Phi) is 4.47. The lowest BCUT2D eigenvalue weighted by molar-refractivity contribution is 0.0754. The van der Waals surface area contributed by atoms with E-state index in [0.717, 1.165) is 42.5 Å². The van der Waals surface area contributed by atoms with Gasteiger partial charge in [-0.05, 0) is 92.0 Å². The van der Waals surface area contributed by atoms with Gasteiger partial charge in [-0.25, -0.2) is 9.37 Å². The number of fused-ring (bicyclic) bond motifs is 1. The standard InChI is InChI=1S/C24H27FN2O/c1-15-12-19(8-11-22(15)25)16-2-6-18(7-3-16)24(28)23-21(17-4-5-17)10-9-20-13-26-14-27(20)23/h8-14,16-18,24,28H,2-7H2,1H3/t16?,18?,24-/m1/s1. The van der Waals surface area contributed by atoms with Crippen molar-refractivity contribution in [2.24, 2.45) is 5.92 Å². The maximum absolute atomic E-state index is 13.6. The van der Waals surface area contributed by atoms with Crippen molar-refractivity contribution < 1.29 is 9.50 Å². The Morgan fingerprint density at radius 2 is 1.79 bits per heavy atom. The Hall–Kier alpha value is -2.20. The third-order valence-electron chi connectivity index (χ3n) is 6.83. The maximum atomic E-state index is 13.6. The SMILES string of the molecule is Cc1cc(C2CCC([C@@H](O)c3c(C4CC4)ccc4cncn34)CC2)ccc1F. The van der Waals surface area contributed by atoms with Gasteiger partial charge in [0.1, 0.15) is 5.82 Å². The van der Waals surface area contributed by atoms with E-state index in [1.54, 1.807) is 6.07 Å². The van der Waals surface area contributed by atoms with E-state index in [0.29, 0.717) is 11.8 Å². The van der Waals surface area contributed by atoms with Crippen molar-refractivity contribution in [2.75, 3.05) is 0 Å². The fraction of sp³-hybridized carbons (Fsp3) is 0.458. The number of imidazole rings is 1. The van der Waals surface area contributed by atoms with Gasteiger partial charge < -0.3 is 9.51 Å². The first kappa shape index (κ1) is 17.9. The third-order valence-corrected chi connectivity index (χ3v) is 6.83. The van der Waals surface area contributed by atoms with E-state index in [2.05, 4.69) is 21.5 Å². The molecule has 4 heteroatoms. The lowest BCUT2D eigenvalue weighted by Gasteiger charge is -2.33. The van der Waals surface area contributed by atoms with E-state index in [-0.39, 0.29) is 11.7 Å². The van der Waals surface area contributed by atoms with Crippen molar-refractivity contribution in [3.8, 4) is 0 Å². The first-order chi connectivity index (χ1) is 13.6. The molecule has 0 amide bonds. The molecule has 0 unspecified atom stereocenters. The number of aromatic nitrogens is 2. The number of rotatable bonds is 4. The van der Waals surface area contributed by atoms with Crippen LogP contribution in [0.2, 0.25) is 0 Å². The van der Waals surface area contributed by atoms with Gasteiger partial charge in [0.25, 0.3) is 0 Å². The first-order valence-electron chi connectivity index (χ1n) is 10.5. The van der Waals surface area contributed by atoms with Crippen LogP contribution in [0.1, 0.15) is 78.8 Å². The van der Waals surface area contributed by atoms with E-state index in [1.807, 2.05) is 31.6 Å². The van der Waals surface area contributed by atoms with Gasteiger partial charge in [0.2, 0.25) is 0 Å². The minimum absolute atomic E-state index is 0.131. The third kappa shape index (κ3) is 3.14. The quantitative estimate of drug-likeness (QED) is 0.635. The normalized spacial score (nSPS) is 23.8. The monoisotopic (exact) mass is 378 g/mol. The van der Waals surface area contributed by atoms with E-state index in [4.69, 9.17) is 0 Å². The molecule has 2 heterocycles. The lowest BCUT2D eigenvalue weighted by atomic mass is 9.75. The number of nitrogens with zero attached hydrogens (tertiary/aromatic N) is 2. The highest BCUT2D eigenvalue weighted by Crippen LogP contribution is 2.47. The summed E-state index contributed by atoms with van der Waals surface area (Å²) in [5.41, 5.74) is 5.37. The second-order valence-electron chi connectivity index (χ2n) is 8.70. The molecule has 0 bridgehead atoms. The molecule has 0 radical (unpaired) electrons. The van der Waals surface area contributed by atoms with Gasteiger partial charge in [0.15, 0.2) is 0 Å². The van der Waals surface area contributed by atoms with Gasteiger partial charge in [-0.15, -0.1) is 0 Å². The summed E-state index contributed by atoms with van der Waals surface area (Å²) in [6, 6.07) is 9.83. The van der Waals surface area contributed by atoms with Crippen molar-refractivity contribution in [1.82, 2.24) is 9.38 Å². The molecule has 0 spiro atoms. The van der Waals surface area contributed by atoms with Gasteiger partial charge in [-0.2, -0.15) is 0 Å². The van der Waals surface area contributed by atoms with Crippen LogP contribution < -0.4 is 0 Å². The number of hydrogen-bond donors (Lipinski definition) is 1. The zero-order valence-electron chi connectivity index (χ0n) is 16.3. The number of pyridine rings is 1. The van der Waals surface area contributed by atoms with Crippen LogP contribution in [-0.2, 0) is 0 Å². The van der Waals surface area contributed by atoms with E-state index in [9.17, 15) is 9.50 Å². The van der Waals surface area contributed by atoms with Crippen LogP contribution >= 0.6 is 0 Å². The molecule has 2 fully saturated rings. The summed E-state index contributed by atoms with van der Waals surface area (Å²) in [7, 11) is 0. The maximum Gasteiger partial charge on any atom is 0.126 e. The molecule has 0 saturated heterocycles. The van der Waals surface area contributed by atoms with Crippen LogP contribution in [0, 0.1) is 18.7 Å². The van der Waals surface area contributed by atoms with Gasteiger partial charge in [0.05, 0.1) is 29.8 Å². The lowest BCUT2D eigenvalue weighted by Crippen LogP contribution is -2.22. The number of halogens is 1. The molecule has 5 rings (SSSR count). The number of aryl methyl sites for hydroxylation is 1. The first-order valence-corrected chi connectivity index (χ1v) is 10.5. The fourth-order valence-corrected chi connectivity index (χ4v) is 5.00. The molecular formula is C24H27FN2O. The van der Waals surface area contributed by atoms with Crippen LogP contribution in [0.15, 0.2) is 42.9 Å². The summed E-state index contributed by atoms with van der Waals surface area (Å²) in [5.74, 6) is 1.20. The van der Waals surface area contributed by atoms with Crippen LogP contribution in [0.3, 0.4) is 0 Å². The molecular weight excluding hydrogens is 351 g/mol. The smallest absolute Gasteiger partial charge is 0.126 e. The van der Waals surface area contributed by atoms with Gasteiger partial charge in [0, 0.05) is 0 Å². The minimum atomic E-state index is -0.454. The summed E-state index contributed by atoms with van der Waals surface area (Å²) < 4.78 is 15.7. The van der Waals surface area contributed by atoms with E-state index < -0.39 is 6.10 Å². The Bertz CT molecular complexity index is 999. The molecule has 1 aromatic carbocycles. The molecule has 3 nitrogen and oxygen atoms in total. The number of benzene rings is 1. The molecule has 146 valence electrons. The van der Waals surface area contributed by atoms with Crippen molar-refractivity contribution in [2.45, 2.75) is 63.4 Å². The van der Waals surface area contributed by atoms with Crippen LogP contribution in [-0.4, -0.2) is 14.5 Å². The Morgan fingerprint density at radius 1 is 1.04 bits per heavy atom. The van der Waals surface area contributed by atoms with Gasteiger partial charge >= 0.3 is 0 Å². The Balaban J connectivity index is 1.37. The number of aliphatic hydroxyl groups excluding tert-OH is 1. The average molecular weight is 378 g/mol. The molecule has 2 aromatic heterocycles. The van der Waals surface area contributed by atoms with E-state index in [1.165, 1.54) is 24.0 Å². The second kappa shape index (κ2) is 7.00. The highest BCUT2D eigenvalue weighted by molar-refractivity contribution is 5.50. The summed E-state index contributed by atoms with van der Waals surface area (Å²) in [4.78, 5) is 4.30. The molecule has 1 atom stereocenters. The molecule has 3 aromatic rings. The molecule has 2 saturated carbocycles. The zero-order chi connectivity index (χ0) is 19.3. The summed E-state index contributed by atoms with van der Waals surface area (Å²) >= 11 is 0. The topological polar surface area (TPSA) is 37.5 Å². The van der Waals surface area contributed by atoms with Crippen molar-refractivity contribution in [3.63, 3.8) is 0 Å². The Morgan fingerprint density at radius 3 is 2.50 bits per heavy atom.